The van der Waals surface area contributed by atoms with Crippen LogP contribution in [0.25, 0.3) is 0 Å². The van der Waals surface area contributed by atoms with Crippen molar-refractivity contribution in [2.75, 3.05) is 0 Å². The predicted molar refractivity (Wildman–Crippen MR) is 40.4 cm³/mol. The molecule has 0 fully saturated rings. The summed E-state index contributed by atoms with van der Waals surface area (Å²) in [5.74, 6) is 0. The molecule has 0 saturated heterocycles. The molecular weight excluding hydrogens is 136 g/mol. The molecule has 0 radical (unpaired) electrons. The first-order chi connectivity index (χ1) is 4.18. The van der Waals surface area contributed by atoms with Crippen molar-refractivity contribution in [3.63, 3.8) is 0 Å². The molecule has 0 saturated carbocycles. The second-order valence-corrected chi connectivity index (χ2v) is 2.09. The van der Waals surface area contributed by atoms with Crippen molar-refractivity contribution >= 4 is 11.6 Å². The van der Waals surface area contributed by atoms with E-state index in [9.17, 15) is 5.11 Å². The summed E-state index contributed by atoms with van der Waals surface area (Å²) in [6.45, 7) is 5.32. The standard InChI is InChI=1S/C7H11ClO/c1-3-7(9,4-2)5-6-8/h3,5-6,9H,1,4H2,2H3/b6-5+. The maximum absolute atomic E-state index is 9.34. The van der Waals surface area contributed by atoms with Crippen molar-refractivity contribution in [3.8, 4) is 0 Å². The molecule has 0 bridgehead atoms. The van der Waals surface area contributed by atoms with Crippen molar-refractivity contribution in [3.05, 3.63) is 24.3 Å². The quantitative estimate of drug-likeness (QED) is 0.605. The van der Waals surface area contributed by atoms with Gasteiger partial charge in [-0.1, -0.05) is 31.2 Å². The summed E-state index contributed by atoms with van der Waals surface area (Å²) >= 11 is 5.26. The van der Waals surface area contributed by atoms with Crippen LogP contribution >= 0.6 is 11.6 Å². The Hall–Kier alpha value is -0.270. The highest BCUT2D eigenvalue weighted by Crippen LogP contribution is 2.12. The summed E-state index contributed by atoms with van der Waals surface area (Å²) in [6.07, 6.45) is 3.56. The van der Waals surface area contributed by atoms with E-state index < -0.39 is 5.60 Å². The van der Waals surface area contributed by atoms with Gasteiger partial charge < -0.3 is 5.11 Å². The molecule has 0 aliphatic carbocycles. The second-order valence-electron chi connectivity index (χ2n) is 1.84. The van der Waals surface area contributed by atoms with Crippen LogP contribution in [0, 0.1) is 0 Å². The number of halogens is 1. The average Bonchev–Trinajstić information content (AvgIpc) is 1.89. The average molecular weight is 147 g/mol. The highest BCUT2D eigenvalue weighted by Gasteiger charge is 2.14. The first-order valence-corrected chi connectivity index (χ1v) is 3.26. The van der Waals surface area contributed by atoms with Crippen LogP contribution in [-0.2, 0) is 0 Å². The van der Waals surface area contributed by atoms with Gasteiger partial charge in [0.05, 0.1) is 0 Å². The third kappa shape index (κ3) is 2.68. The predicted octanol–water partition coefficient (Wildman–Crippen LogP) is 2.07. The molecule has 1 nitrogen and oxygen atoms in total. The summed E-state index contributed by atoms with van der Waals surface area (Å²) in [4.78, 5) is 0. The summed E-state index contributed by atoms with van der Waals surface area (Å²) in [6, 6.07) is 0. The van der Waals surface area contributed by atoms with Crippen LogP contribution in [0.5, 0.6) is 0 Å². The van der Waals surface area contributed by atoms with E-state index in [2.05, 4.69) is 6.58 Å². The van der Waals surface area contributed by atoms with Crippen LogP contribution in [0.1, 0.15) is 13.3 Å². The lowest BCUT2D eigenvalue weighted by molar-refractivity contribution is 0.139. The van der Waals surface area contributed by atoms with Gasteiger partial charge in [-0.2, -0.15) is 0 Å². The normalized spacial score (nSPS) is 17.7. The van der Waals surface area contributed by atoms with Gasteiger partial charge in [0.2, 0.25) is 0 Å². The van der Waals surface area contributed by atoms with Crippen molar-refractivity contribution in [2.45, 2.75) is 18.9 Å². The molecule has 0 aromatic heterocycles. The van der Waals surface area contributed by atoms with Crippen LogP contribution in [-0.4, -0.2) is 10.7 Å². The monoisotopic (exact) mass is 146 g/mol. The Morgan fingerprint density at radius 3 is 2.44 bits per heavy atom. The van der Waals surface area contributed by atoms with Gasteiger partial charge in [-0.3, -0.25) is 0 Å². The van der Waals surface area contributed by atoms with Gasteiger partial charge in [-0.25, -0.2) is 0 Å². The molecule has 0 aromatic rings. The molecule has 0 amide bonds. The SMILES string of the molecule is C=CC(O)(/C=C/Cl)CC. The maximum Gasteiger partial charge on any atom is 0.101 e. The van der Waals surface area contributed by atoms with E-state index in [-0.39, 0.29) is 0 Å². The zero-order chi connectivity index (χ0) is 7.33. The maximum atomic E-state index is 9.34. The van der Waals surface area contributed by atoms with E-state index in [1.165, 1.54) is 17.7 Å². The molecule has 0 heterocycles. The van der Waals surface area contributed by atoms with Crippen molar-refractivity contribution < 1.29 is 5.11 Å². The largest absolute Gasteiger partial charge is 0.382 e. The van der Waals surface area contributed by atoms with Crippen LogP contribution in [0.15, 0.2) is 24.3 Å². The zero-order valence-electron chi connectivity index (χ0n) is 5.47. The van der Waals surface area contributed by atoms with Crippen LogP contribution in [0.3, 0.4) is 0 Å². The lowest BCUT2D eigenvalue weighted by Crippen LogP contribution is -2.19. The fraction of sp³-hybridized carbons (Fsp3) is 0.429. The minimum absolute atomic E-state index is 0.597. The Morgan fingerprint density at radius 2 is 2.33 bits per heavy atom. The molecule has 9 heavy (non-hydrogen) atoms. The molecule has 0 spiro atoms. The number of rotatable bonds is 3. The van der Waals surface area contributed by atoms with E-state index >= 15 is 0 Å². The molecular formula is C7H11ClO. The number of aliphatic hydroxyl groups is 1. The highest BCUT2D eigenvalue weighted by molar-refractivity contribution is 6.25. The van der Waals surface area contributed by atoms with E-state index in [1.54, 1.807) is 0 Å². The van der Waals surface area contributed by atoms with Gasteiger partial charge in [-0.05, 0) is 12.5 Å². The molecule has 52 valence electrons. The molecule has 0 aliphatic rings. The topological polar surface area (TPSA) is 20.2 Å². The molecule has 1 atom stereocenters. The Morgan fingerprint density at radius 1 is 1.78 bits per heavy atom. The van der Waals surface area contributed by atoms with E-state index in [1.807, 2.05) is 6.92 Å². The molecule has 2 heteroatoms. The minimum atomic E-state index is -0.915. The summed E-state index contributed by atoms with van der Waals surface area (Å²) in [7, 11) is 0. The van der Waals surface area contributed by atoms with Crippen LogP contribution < -0.4 is 0 Å². The van der Waals surface area contributed by atoms with Crippen LogP contribution in [0.4, 0.5) is 0 Å². The van der Waals surface area contributed by atoms with Gasteiger partial charge in [0.25, 0.3) is 0 Å². The number of hydrogen-bond donors (Lipinski definition) is 1. The number of hydrogen-bond acceptors (Lipinski definition) is 1. The van der Waals surface area contributed by atoms with Crippen molar-refractivity contribution in [2.24, 2.45) is 0 Å². The first kappa shape index (κ1) is 8.73. The third-order valence-electron chi connectivity index (χ3n) is 1.27. The lowest BCUT2D eigenvalue weighted by Gasteiger charge is -2.15. The Kier molecular flexibility index (Phi) is 3.59. The fourth-order valence-electron chi connectivity index (χ4n) is 0.439. The summed E-state index contributed by atoms with van der Waals surface area (Å²) < 4.78 is 0. The van der Waals surface area contributed by atoms with Gasteiger partial charge in [0.1, 0.15) is 5.60 Å². The van der Waals surface area contributed by atoms with E-state index in [4.69, 9.17) is 11.6 Å². The Bertz CT molecular complexity index is 120. The fourth-order valence-corrected chi connectivity index (χ4v) is 0.657. The van der Waals surface area contributed by atoms with Gasteiger partial charge in [-0.15, -0.1) is 0 Å². The molecule has 0 aromatic carbocycles. The molecule has 0 rings (SSSR count). The van der Waals surface area contributed by atoms with Gasteiger partial charge in [0.15, 0.2) is 0 Å². The van der Waals surface area contributed by atoms with Gasteiger partial charge >= 0.3 is 0 Å². The molecule has 1 unspecified atom stereocenters. The lowest BCUT2D eigenvalue weighted by atomic mass is 10.0. The molecule has 0 aliphatic heterocycles. The Balaban J connectivity index is 4.08. The smallest absolute Gasteiger partial charge is 0.101 e. The van der Waals surface area contributed by atoms with Gasteiger partial charge in [0, 0.05) is 5.54 Å². The molecule has 1 N–H and O–H groups in total. The minimum Gasteiger partial charge on any atom is -0.382 e. The van der Waals surface area contributed by atoms with E-state index in [0.717, 1.165) is 0 Å². The highest BCUT2D eigenvalue weighted by atomic mass is 35.5. The van der Waals surface area contributed by atoms with Crippen LogP contribution in [0.2, 0.25) is 0 Å². The summed E-state index contributed by atoms with van der Waals surface area (Å²) in [5, 5.41) is 9.34. The first-order valence-electron chi connectivity index (χ1n) is 2.82. The van der Waals surface area contributed by atoms with E-state index in [0.29, 0.717) is 6.42 Å². The Labute approximate surface area is 60.6 Å². The summed E-state index contributed by atoms with van der Waals surface area (Å²) in [5.41, 5.74) is 0.382. The van der Waals surface area contributed by atoms with Crippen molar-refractivity contribution in [1.82, 2.24) is 0 Å². The zero-order valence-corrected chi connectivity index (χ0v) is 6.23. The third-order valence-corrected chi connectivity index (χ3v) is 1.40. The van der Waals surface area contributed by atoms with Crippen molar-refractivity contribution in [1.29, 1.82) is 0 Å². The second kappa shape index (κ2) is 3.70.